The highest BCUT2D eigenvalue weighted by molar-refractivity contribution is 5.77. The van der Waals surface area contributed by atoms with Crippen LogP contribution in [0.25, 0.3) is 0 Å². The van der Waals surface area contributed by atoms with Gasteiger partial charge in [-0.25, -0.2) is 4.98 Å². The van der Waals surface area contributed by atoms with E-state index in [0.717, 1.165) is 45.0 Å². The van der Waals surface area contributed by atoms with Gasteiger partial charge in [-0.3, -0.25) is 9.69 Å². The van der Waals surface area contributed by atoms with Crippen molar-refractivity contribution in [2.75, 3.05) is 39.3 Å². The zero-order chi connectivity index (χ0) is 18.4. The number of carbonyl (C=O) groups is 1. The molecule has 0 N–H and O–H groups in total. The number of hydrogen-bond donors (Lipinski definition) is 0. The predicted molar refractivity (Wildman–Crippen MR) is 101 cm³/mol. The molecule has 1 aliphatic heterocycles. The number of benzene rings is 1. The molecule has 0 saturated carbocycles. The molecular formula is C20H28N4O2. The molecule has 2 heterocycles. The van der Waals surface area contributed by atoms with E-state index < -0.39 is 0 Å². The molecule has 26 heavy (non-hydrogen) atoms. The van der Waals surface area contributed by atoms with Crippen LogP contribution < -0.4 is 4.74 Å². The molecule has 0 radical (unpaired) electrons. The number of imidazole rings is 1. The summed E-state index contributed by atoms with van der Waals surface area (Å²) in [6.07, 6.45) is 5.61. The van der Waals surface area contributed by atoms with E-state index >= 15 is 0 Å². The second kappa shape index (κ2) is 8.85. The molecule has 1 aromatic carbocycles. The lowest BCUT2D eigenvalue weighted by Gasteiger charge is -2.34. The van der Waals surface area contributed by atoms with Crippen molar-refractivity contribution in [3.63, 3.8) is 0 Å². The highest BCUT2D eigenvalue weighted by Crippen LogP contribution is 2.18. The Labute approximate surface area is 155 Å². The van der Waals surface area contributed by atoms with Gasteiger partial charge in [-0.2, -0.15) is 0 Å². The minimum atomic E-state index is 0.0622. The predicted octanol–water partition coefficient (Wildman–Crippen LogP) is 2.23. The minimum Gasteiger partial charge on any atom is -0.484 e. The summed E-state index contributed by atoms with van der Waals surface area (Å²) < 4.78 is 7.74. The Bertz CT molecular complexity index is 674. The minimum absolute atomic E-state index is 0.0622. The van der Waals surface area contributed by atoms with Crippen molar-refractivity contribution in [2.45, 2.75) is 26.3 Å². The second-order valence-electron chi connectivity index (χ2n) is 7.04. The van der Waals surface area contributed by atoms with E-state index in [1.807, 2.05) is 29.6 Å². The fourth-order valence-corrected chi connectivity index (χ4v) is 3.08. The SMILES string of the molecule is CC(C)c1ccc(OCC(=O)N2CCN(CCn3ccnc3)CC2)cc1. The molecule has 1 amide bonds. The van der Waals surface area contributed by atoms with Crippen molar-refractivity contribution in [3.05, 3.63) is 48.5 Å². The molecule has 1 saturated heterocycles. The largest absolute Gasteiger partial charge is 0.484 e. The molecule has 6 nitrogen and oxygen atoms in total. The third kappa shape index (κ3) is 5.08. The molecule has 2 aromatic rings. The molecule has 6 heteroatoms. The van der Waals surface area contributed by atoms with Gasteiger partial charge in [0.2, 0.25) is 0 Å². The average Bonchev–Trinajstić information content (AvgIpc) is 3.19. The maximum absolute atomic E-state index is 12.4. The van der Waals surface area contributed by atoms with Crippen molar-refractivity contribution in [1.82, 2.24) is 19.4 Å². The van der Waals surface area contributed by atoms with Crippen LogP contribution in [0.5, 0.6) is 5.75 Å². The maximum atomic E-state index is 12.4. The fraction of sp³-hybridized carbons (Fsp3) is 0.500. The van der Waals surface area contributed by atoms with Crippen molar-refractivity contribution in [2.24, 2.45) is 0 Å². The van der Waals surface area contributed by atoms with Crippen LogP contribution in [-0.2, 0) is 11.3 Å². The lowest BCUT2D eigenvalue weighted by Crippen LogP contribution is -2.50. The molecule has 0 aliphatic carbocycles. The van der Waals surface area contributed by atoms with Crippen LogP contribution in [0.15, 0.2) is 43.0 Å². The second-order valence-corrected chi connectivity index (χ2v) is 7.04. The summed E-state index contributed by atoms with van der Waals surface area (Å²) in [4.78, 5) is 20.7. The smallest absolute Gasteiger partial charge is 0.260 e. The van der Waals surface area contributed by atoms with Gasteiger partial charge in [0.15, 0.2) is 6.61 Å². The number of hydrogen-bond acceptors (Lipinski definition) is 4. The monoisotopic (exact) mass is 356 g/mol. The van der Waals surface area contributed by atoms with Gasteiger partial charge in [-0.15, -0.1) is 0 Å². The molecule has 1 aromatic heterocycles. The molecule has 0 spiro atoms. The van der Waals surface area contributed by atoms with Gasteiger partial charge in [0, 0.05) is 51.7 Å². The Morgan fingerprint density at radius 1 is 1.12 bits per heavy atom. The number of rotatable bonds is 7. The van der Waals surface area contributed by atoms with Crippen molar-refractivity contribution in [1.29, 1.82) is 0 Å². The summed E-state index contributed by atoms with van der Waals surface area (Å²) in [6, 6.07) is 8.00. The first-order valence-corrected chi connectivity index (χ1v) is 9.30. The van der Waals surface area contributed by atoms with Gasteiger partial charge < -0.3 is 14.2 Å². The summed E-state index contributed by atoms with van der Waals surface area (Å²) in [5.74, 6) is 1.31. The van der Waals surface area contributed by atoms with Crippen molar-refractivity contribution in [3.8, 4) is 5.75 Å². The fourth-order valence-electron chi connectivity index (χ4n) is 3.08. The summed E-state index contributed by atoms with van der Waals surface area (Å²) in [5, 5.41) is 0. The molecule has 0 atom stereocenters. The number of piperazine rings is 1. The van der Waals surface area contributed by atoms with E-state index in [9.17, 15) is 4.79 Å². The zero-order valence-corrected chi connectivity index (χ0v) is 15.7. The molecule has 0 bridgehead atoms. The third-order valence-corrected chi connectivity index (χ3v) is 4.87. The van der Waals surface area contributed by atoms with E-state index in [-0.39, 0.29) is 12.5 Å². The van der Waals surface area contributed by atoms with Crippen LogP contribution in [0.4, 0.5) is 0 Å². The van der Waals surface area contributed by atoms with E-state index in [4.69, 9.17) is 4.74 Å². The molecule has 1 fully saturated rings. The first-order valence-electron chi connectivity index (χ1n) is 9.30. The maximum Gasteiger partial charge on any atom is 0.260 e. The third-order valence-electron chi connectivity index (χ3n) is 4.87. The highest BCUT2D eigenvalue weighted by Gasteiger charge is 2.21. The van der Waals surface area contributed by atoms with E-state index in [2.05, 4.69) is 40.4 Å². The zero-order valence-electron chi connectivity index (χ0n) is 15.7. The lowest BCUT2D eigenvalue weighted by molar-refractivity contribution is -0.135. The van der Waals surface area contributed by atoms with Gasteiger partial charge in [0.1, 0.15) is 5.75 Å². The van der Waals surface area contributed by atoms with Gasteiger partial charge >= 0.3 is 0 Å². The number of aromatic nitrogens is 2. The Morgan fingerprint density at radius 3 is 2.46 bits per heavy atom. The van der Waals surface area contributed by atoms with Crippen LogP contribution >= 0.6 is 0 Å². The Kier molecular flexibility index (Phi) is 6.28. The Morgan fingerprint density at radius 2 is 1.85 bits per heavy atom. The first kappa shape index (κ1) is 18.5. The summed E-state index contributed by atoms with van der Waals surface area (Å²) in [5.41, 5.74) is 1.27. The quantitative estimate of drug-likeness (QED) is 0.763. The standard InChI is InChI=1S/C20H28N4O2/c1-17(2)18-3-5-19(6-4-18)26-15-20(25)24-13-11-22(12-14-24)9-10-23-8-7-21-16-23/h3-8,16-17H,9-15H2,1-2H3. The van der Waals surface area contributed by atoms with Crippen LogP contribution in [0.1, 0.15) is 25.3 Å². The number of ether oxygens (including phenoxy) is 1. The Hall–Kier alpha value is -2.34. The van der Waals surface area contributed by atoms with Gasteiger partial charge in [0.05, 0.1) is 6.33 Å². The topological polar surface area (TPSA) is 50.6 Å². The summed E-state index contributed by atoms with van der Waals surface area (Å²) in [7, 11) is 0. The van der Waals surface area contributed by atoms with Gasteiger partial charge in [0.25, 0.3) is 5.91 Å². The molecule has 0 unspecified atom stereocenters. The highest BCUT2D eigenvalue weighted by atomic mass is 16.5. The van der Waals surface area contributed by atoms with Gasteiger partial charge in [-0.05, 0) is 23.6 Å². The van der Waals surface area contributed by atoms with E-state index in [1.165, 1.54) is 5.56 Å². The van der Waals surface area contributed by atoms with Crippen molar-refractivity contribution >= 4 is 5.91 Å². The van der Waals surface area contributed by atoms with Crippen LogP contribution in [0.2, 0.25) is 0 Å². The molecule has 3 rings (SSSR count). The average molecular weight is 356 g/mol. The molecular weight excluding hydrogens is 328 g/mol. The lowest BCUT2D eigenvalue weighted by atomic mass is 10.0. The first-order chi connectivity index (χ1) is 12.6. The van der Waals surface area contributed by atoms with E-state index in [0.29, 0.717) is 5.92 Å². The summed E-state index contributed by atoms with van der Waals surface area (Å²) in [6.45, 7) is 9.68. The van der Waals surface area contributed by atoms with Crippen LogP contribution in [-0.4, -0.2) is 64.6 Å². The van der Waals surface area contributed by atoms with Crippen molar-refractivity contribution < 1.29 is 9.53 Å². The molecule has 1 aliphatic rings. The number of carbonyl (C=O) groups excluding carboxylic acids is 1. The Balaban J connectivity index is 1.38. The number of amides is 1. The van der Waals surface area contributed by atoms with Crippen LogP contribution in [0, 0.1) is 0 Å². The van der Waals surface area contributed by atoms with Gasteiger partial charge in [-0.1, -0.05) is 26.0 Å². The number of nitrogens with zero attached hydrogens (tertiary/aromatic N) is 4. The molecule has 140 valence electrons. The summed E-state index contributed by atoms with van der Waals surface area (Å²) >= 11 is 0. The van der Waals surface area contributed by atoms with E-state index in [1.54, 1.807) is 6.20 Å². The normalized spacial score (nSPS) is 15.4. The van der Waals surface area contributed by atoms with Crippen LogP contribution in [0.3, 0.4) is 0 Å².